The molecule has 0 N–H and O–H groups in total. The number of fused-ring (bicyclic) bond motifs is 1. The van der Waals surface area contributed by atoms with Gasteiger partial charge < -0.3 is 0 Å². The normalized spacial score (nSPS) is 10.8. The molecule has 0 fully saturated rings. The average Bonchev–Trinajstić information content (AvgIpc) is 2.30. The second-order valence-electron chi connectivity index (χ2n) is 3.97. The molecule has 0 saturated carbocycles. The molecule has 0 radical (unpaired) electrons. The van der Waals surface area contributed by atoms with Crippen LogP contribution in [0.5, 0.6) is 0 Å². The highest BCUT2D eigenvalue weighted by Gasteiger charge is 2.00. The molecule has 2 rings (SSSR count). The van der Waals surface area contributed by atoms with Crippen LogP contribution in [0.3, 0.4) is 0 Å². The molecular formula is C13H16N2O. The lowest BCUT2D eigenvalue weighted by atomic mass is 10.1. The van der Waals surface area contributed by atoms with Crippen molar-refractivity contribution in [3.8, 4) is 0 Å². The highest BCUT2D eigenvalue weighted by molar-refractivity contribution is 5.37. The van der Waals surface area contributed by atoms with Gasteiger partial charge in [-0.1, -0.05) is 25.8 Å². The van der Waals surface area contributed by atoms with Crippen molar-refractivity contribution in [3.05, 3.63) is 46.5 Å². The molecule has 16 heavy (non-hydrogen) atoms. The minimum atomic E-state index is 0.0112. The van der Waals surface area contributed by atoms with Crippen molar-refractivity contribution in [2.75, 3.05) is 0 Å². The number of aromatic nitrogens is 2. The first-order valence-corrected chi connectivity index (χ1v) is 5.78. The molecule has 84 valence electrons. The third-order valence-electron chi connectivity index (χ3n) is 2.66. The van der Waals surface area contributed by atoms with Crippen LogP contribution in [0.4, 0.5) is 0 Å². The smallest absolute Gasteiger partial charge is 0.258 e. The van der Waals surface area contributed by atoms with E-state index in [2.05, 4.69) is 11.9 Å². The van der Waals surface area contributed by atoms with E-state index in [1.54, 1.807) is 16.7 Å². The predicted octanol–water partition coefficient (Wildman–Crippen LogP) is 2.43. The van der Waals surface area contributed by atoms with Crippen molar-refractivity contribution in [1.29, 1.82) is 0 Å². The van der Waals surface area contributed by atoms with E-state index in [1.165, 1.54) is 12.8 Å². The van der Waals surface area contributed by atoms with Crippen LogP contribution in [0, 0.1) is 0 Å². The third kappa shape index (κ3) is 2.30. The number of nitrogens with zero attached hydrogens (tertiary/aromatic N) is 2. The lowest BCUT2D eigenvalue weighted by Gasteiger charge is -2.03. The van der Waals surface area contributed by atoms with Gasteiger partial charge >= 0.3 is 0 Å². The number of rotatable bonds is 4. The van der Waals surface area contributed by atoms with Gasteiger partial charge in [-0.3, -0.25) is 9.20 Å². The zero-order chi connectivity index (χ0) is 11.4. The number of hydrogen-bond acceptors (Lipinski definition) is 2. The molecule has 0 aromatic carbocycles. The second kappa shape index (κ2) is 4.92. The van der Waals surface area contributed by atoms with Gasteiger partial charge in [0.15, 0.2) is 0 Å². The van der Waals surface area contributed by atoms with Gasteiger partial charge in [0.1, 0.15) is 5.65 Å². The zero-order valence-electron chi connectivity index (χ0n) is 9.52. The minimum Gasteiger partial charge on any atom is -0.269 e. The molecule has 0 atom stereocenters. The maximum Gasteiger partial charge on any atom is 0.258 e. The number of aryl methyl sites for hydroxylation is 1. The fraction of sp³-hybridized carbons (Fsp3) is 0.385. The number of unbranched alkanes of at least 4 members (excludes halogenated alkanes) is 2. The largest absolute Gasteiger partial charge is 0.269 e. The molecule has 3 heteroatoms. The third-order valence-corrected chi connectivity index (χ3v) is 2.66. The average molecular weight is 216 g/mol. The molecule has 0 amide bonds. The topological polar surface area (TPSA) is 34.4 Å². The van der Waals surface area contributed by atoms with Crippen molar-refractivity contribution in [2.45, 2.75) is 32.6 Å². The molecule has 0 aliphatic heterocycles. The first kappa shape index (κ1) is 10.9. The first-order chi connectivity index (χ1) is 7.81. The molecule has 2 heterocycles. The minimum absolute atomic E-state index is 0.0112. The molecule has 3 nitrogen and oxygen atoms in total. The van der Waals surface area contributed by atoms with Crippen LogP contribution in [-0.2, 0) is 6.42 Å². The molecular weight excluding hydrogens is 200 g/mol. The lowest BCUT2D eigenvalue weighted by Crippen LogP contribution is -2.15. The number of pyridine rings is 1. The quantitative estimate of drug-likeness (QED) is 0.736. The lowest BCUT2D eigenvalue weighted by molar-refractivity contribution is 0.706. The Hall–Kier alpha value is -1.64. The SMILES string of the molecule is CCCCCc1cc(=O)n2ccccc2n1. The Labute approximate surface area is 94.8 Å². The highest BCUT2D eigenvalue weighted by Crippen LogP contribution is 2.04. The maximum absolute atomic E-state index is 11.8. The summed E-state index contributed by atoms with van der Waals surface area (Å²) >= 11 is 0. The van der Waals surface area contributed by atoms with Crippen molar-refractivity contribution >= 4 is 5.65 Å². The van der Waals surface area contributed by atoms with E-state index in [0.29, 0.717) is 0 Å². The Morgan fingerprint density at radius 3 is 3.00 bits per heavy atom. The predicted molar refractivity (Wildman–Crippen MR) is 64.7 cm³/mol. The summed E-state index contributed by atoms with van der Waals surface area (Å²) in [6.07, 6.45) is 6.13. The van der Waals surface area contributed by atoms with E-state index in [0.717, 1.165) is 24.2 Å². The van der Waals surface area contributed by atoms with Crippen LogP contribution in [0.15, 0.2) is 35.3 Å². The summed E-state index contributed by atoms with van der Waals surface area (Å²) < 4.78 is 1.57. The van der Waals surface area contributed by atoms with Gasteiger partial charge in [-0.2, -0.15) is 0 Å². The van der Waals surface area contributed by atoms with Crippen LogP contribution in [0.1, 0.15) is 31.9 Å². The zero-order valence-corrected chi connectivity index (χ0v) is 9.52. The van der Waals surface area contributed by atoms with Gasteiger partial charge in [-0.15, -0.1) is 0 Å². The van der Waals surface area contributed by atoms with E-state index in [4.69, 9.17) is 0 Å². The summed E-state index contributed by atoms with van der Waals surface area (Å²) in [4.78, 5) is 16.2. The van der Waals surface area contributed by atoms with Crippen molar-refractivity contribution in [3.63, 3.8) is 0 Å². The van der Waals surface area contributed by atoms with Gasteiger partial charge in [0.25, 0.3) is 5.56 Å². The Bertz CT molecular complexity index is 531. The molecule has 2 aromatic rings. The first-order valence-electron chi connectivity index (χ1n) is 5.78. The number of hydrogen-bond donors (Lipinski definition) is 0. The monoisotopic (exact) mass is 216 g/mol. The molecule has 0 aliphatic carbocycles. The van der Waals surface area contributed by atoms with E-state index in [-0.39, 0.29) is 5.56 Å². The van der Waals surface area contributed by atoms with Crippen molar-refractivity contribution < 1.29 is 0 Å². The van der Waals surface area contributed by atoms with Crippen LogP contribution >= 0.6 is 0 Å². The van der Waals surface area contributed by atoms with E-state index >= 15 is 0 Å². The fourth-order valence-corrected chi connectivity index (χ4v) is 1.79. The molecule has 0 bridgehead atoms. The molecule has 0 aliphatic rings. The van der Waals surface area contributed by atoms with E-state index in [9.17, 15) is 4.79 Å². The summed E-state index contributed by atoms with van der Waals surface area (Å²) in [5.74, 6) is 0. The maximum atomic E-state index is 11.8. The summed E-state index contributed by atoms with van der Waals surface area (Å²) in [5, 5.41) is 0. The Morgan fingerprint density at radius 1 is 1.31 bits per heavy atom. The molecule has 2 aromatic heterocycles. The Balaban J connectivity index is 2.31. The second-order valence-corrected chi connectivity index (χ2v) is 3.97. The standard InChI is InChI=1S/C13H16N2O/c1-2-3-4-7-11-10-13(16)15-9-6-5-8-12(15)14-11/h5-6,8-10H,2-4,7H2,1H3. The Morgan fingerprint density at radius 2 is 2.19 bits per heavy atom. The van der Waals surface area contributed by atoms with Gasteiger partial charge in [-0.05, 0) is 25.0 Å². The van der Waals surface area contributed by atoms with Crippen LogP contribution < -0.4 is 5.56 Å². The van der Waals surface area contributed by atoms with Crippen molar-refractivity contribution in [2.24, 2.45) is 0 Å². The van der Waals surface area contributed by atoms with Gasteiger partial charge in [0, 0.05) is 18.0 Å². The summed E-state index contributed by atoms with van der Waals surface area (Å²) in [5.41, 5.74) is 1.66. The van der Waals surface area contributed by atoms with Crippen LogP contribution in [0.25, 0.3) is 5.65 Å². The van der Waals surface area contributed by atoms with Crippen LogP contribution in [0.2, 0.25) is 0 Å². The summed E-state index contributed by atoms with van der Waals surface area (Å²) in [7, 11) is 0. The van der Waals surface area contributed by atoms with E-state index < -0.39 is 0 Å². The van der Waals surface area contributed by atoms with Gasteiger partial charge in [-0.25, -0.2) is 4.98 Å². The highest BCUT2D eigenvalue weighted by atomic mass is 16.1. The van der Waals surface area contributed by atoms with Crippen molar-refractivity contribution in [1.82, 2.24) is 9.38 Å². The molecule has 0 unspecified atom stereocenters. The molecule has 0 spiro atoms. The van der Waals surface area contributed by atoms with Crippen LogP contribution in [-0.4, -0.2) is 9.38 Å². The van der Waals surface area contributed by atoms with Gasteiger partial charge in [0.05, 0.1) is 0 Å². The summed E-state index contributed by atoms with van der Waals surface area (Å²) in [6.45, 7) is 2.17. The summed E-state index contributed by atoms with van der Waals surface area (Å²) in [6, 6.07) is 7.25. The fourth-order valence-electron chi connectivity index (χ4n) is 1.79. The molecule has 0 saturated heterocycles. The van der Waals surface area contributed by atoms with Gasteiger partial charge in [0.2, 0.25) is 0 Å². The van der Waals surface area contributed by atoms with E-state index in [1.807, 2.05) is 18.2 Å². The Kier molecular flexibility index (Phi) is 3.34.